The molecule has 0 aliphatic rings. The molecule has 0 bridgehead atoms. The van der Waals surface area contributed by atoms with Crippen molar-refractivity contribution in [1.82, 2.24) is 19.9 Å². The van der Waals surface area contributed by atoms with Gasteiger partial charge in [-0.3, -0.25) is 14.8 Å². The van der Waals surface area contributed by atoms with Crippen LogP contribution in [0.2, 0.25) is 0 Å². The molecule has 5 rings (SSSR count). The number of pyridine rings is 4. The Morgan fingerprint density at radius 2 is 1.81 bits per heavy atom. The minimum Gasteiger partial charge on any atom is -0.346 e. The van der Waals surface area contributed by atoms with E-state index in [-0.39, 0.29) is 5.43 Å². The van der Waals surface area contributed by atoms with Crippen LogP contribution >= 0.6 is 0 Å². The van der Waals surface area contributed by atoms with Gasteiger partial charge in [-0.1, -0.05) is 12.1 Å². The lowest BCUT2D eigenvalue weighted by molar-refractivity contribution is 1.26. The first-order valence-electron chi connectivity index (χ1n) is 8.57. The van der Waals surface area contributed by atoms with Gasteiger partial charge in [0.1, 0.15) is 5.65 Å². The molecule has 5 heteroatoms. The van der Waals surface area contributed by atoms with Crippen LogP contribution in [0, 0.1) is 0 Å². The number of aromatic nitrogens is 4. The van der Waals surface area contributed by atoms with E-state index >= 15 is 0 Å². The van der Waals surface area contributed by atoms with Crippen molar-refractivity contribution in [3.05, 3.63) is 89.6 Å². The quantitative estimate of drug-likeness (QED) is 0.518. The summed E-state index contributed by atoms with van der Waals surface area (Å²) in [5.41, 5.74) is 4.97. The van der Waals surface area contributed by atoms with Gasteiger partial charge in [0, 0.05) is 47.4 Å². The number of H-pyrrole nitrogens is 1. The number of nitrogens with zero attached hydrogens (tertiary/aromatic N) is 3. The second-order valence-electron chi connectivity index (χ2n) is 6.28. The molecule has 4 aromatic heterocycles. The molecule has 0 atom stereocenters. The third kappa shape index (κ3) is 2.66. The molecule has 0 aliphatic carbocycles. The van der Waals surface area contributed by atoms with Gasteiger partial charge in [0.25, 0.3) is 0 Å². The number of fused-ring (bicyclic) bond motifs is 2. The van der Waals surface area contributed by atoms with Crippen molar-refractivity contribution in [2.24, 2.45) is 0 Å². The summed E-state index contributed by atoms with van der Waals surface area (Å²) in [5, 5.41) is 1.60. The molecule has 5 aromatic rings. The average Bonchev–Trinajstić information content (AvgIpc) is 2.73. The van der Waals surface area contributed by atoms with E-state index in [9.17, 15) is 4.79 Å². The topological polar surface area (TPSA) is 71.5 Å². The maximum Gasteiger partial charge on any atom is 0.191 e. The van der Waals surface area contributed by atoms with Gasteiger partial charge in [-0.05, 0) is 42.0 Å². The van der Waals surface area contributed by atoms with E-state index in [1.165, 1.54) is 6.07 Å². The number of benzene rings is 1. The normalized spacial score (nSPS) is 11.1. The lowest BCUT2D eigenvalue weighted by atomic mass is 9.97. The Labute approximate surface area is 154 Å². The van der Waals surface area contributed by atoms with Crippen molar-refractivity contribution >= 4 is 21.9 Å². The van der Waals surface area contributed by atoms with Crippen LogP contribution in [0.4, 0.5) is 0 Å². The van der Waals surface area contributed by atoms with Crippen LogP contribution in [-0.2, 0) is 0 Å². The van der Waals surface area contributed by atoms with Crippen LogP contribution < -0.4 is 5.43 Å². The van der Waals surface area contributed by atoms with Gasteiger partial charge in [0.05, 0.1) is 16.6 Å². The molecule has 5 nitrogen and oxygen atoms in total. The first-order valence-corrected chi connectivity index (χ1v) is 8.57. The molecule has 0 spiro atoms. The lowest BCUT2D eigenvalue weighted by Crippen LogP contribution is -2.03. The second-order valence-corrected chi connectivity index (χ2v) is 6.28. The van der Waals surface area contributed by atoms with Crippen molar-refractivity contribution in [1.29, 1.82) is 0 Å². The summed E-state index contributed by atoms with van der Waals surface area (Å²) in [4.78, 5) is 28.8. The maximum absolute atomic E-state index is 12.3. The van der Waals surface area contributed by atoms with E-state index in [0.717, 1.165) is 33.3 Å². The van der Waals surface area contributed by atoms with Gasteiger partial charge >= 0.3 is 0 Å². The van der Waals surface area contributed by atoms with Gasteiger partial charge in [-0.15, -0.1) is 0 Å². The van der Waals surface area contributed by atoms with E-state index < -0.39 is 0 Å². The van der Waals surface area contributed by atoms with E-state index in [4.69, 9.17) is 4.98 Å². The van der Waals surface area contributed by atoms with Crippen LogP contribution in [0.25, 0.3) is 44.3 Å². The third-order valence-electron chi connectivity index (χ3n) is 4.59. The van der Waals surface area contributed by atoms with Crippen LogP contribution in [0.5, 0.6) is 0 Å². The van der Waals surface area contributed by atoms with Gasteiger partial charge < -0.3 is 4.98 Å². The number of hydrogen-bond acceptors (Lipinski definition) is 4. The molecule has 1 aromatic carbocycles. The van der Waals surface area contributed by atoms with Crippen LogP contribution in [0.1, 0.15) is 0 Å². The third-order valence-corrected chi connectivity index (χ3v) is 4.59. The fraction of sp³-hybridized carbons (Fsp3) is 0. The molecule has 128 valence electrons. The van der Waals surface area contributed by atoms with E-state index in [0.29, 0.717) is 11.0 Å². The summed E-state index contributed by atoms with van der Waals surface area (Å²) in [5.74, 6) is 0. The molecule has 1 N–H and O–H groups in total. The Balaban J connectivity index is 1.85. The predicted octanol–water partition coefficient (Wildman–Crippen LogP) is 4.20. The monoisotopic (exact) mass is 350 g/mol. The fourth-order valence-corrected chi connectivity index (χ4v) is 3.28. The highest BCUT2D eigenvalue weighted by atomic mass is 16.1. The highest BCUT2D eigenvalue weighted by Crippen LogP contribution is 2.33. The van der Waals surface area contributed by atoms with Crippen molar-refractivity contribution < 1.29 is 0 Å². The standard InChI is InChI=1S/C22H14N4O/c27-20-7-10-25-22-18(20)12-17(21(26-22)16-4-1-8-23-13-16)14-5-6-19-15(11-14)3-2-9-24-19/h1-13H,(H,25,26,27). The summed E-state index contributed by atoms with van der Waals surface area (Å²) >= 11 is 0. The summed E-state index contributed by atoms with van der Waals surface area (Å²) in [6.45, 7) is 0. The van der Waals surface area contributed by atoms with Gasteiger partial charge in [0.15, 0.2) is 5.43 Å². The van der Waals surface area contributed by atoms with E-state index in [1.807, 2.05) is 42.5 Å². The number of aromatic amines is 1. The predicted molar refractivity (Wildman–Crippen MR) is 106 cm³/mol. The second kappa shape index (κ2) is 6.14. The largest absolute Gasteiger partial charge is 0.346 e. The zero-order chi connectivity index (χ0) is 18.2. The minimum atomic E-state index is -0.0577. The summed E-state index contributed by atoms with van der Waals surface area (Å²) < 4.78 is 0. The van der Waals surface area contributed by atoms with Gasteiger partial charge in [-0.2, -0.15) is 0 Å². The molecule has 0 fully saturated rings. The molecule has 0 saturated heterocycles. The Kier molecular flexibility index (Phi) is 3.50. The van der Waals surface area contributed by atoms with E-state index in [2.05, 4.69) is 21.0 Å². The van der Waals surface area contributed by atoms with Crippen LogP contribution in [-0.4, -0.2) is 19.9 Å². The maximum atomic E-state index is 12.3. The first kappa shape index (κ1) is 15.4. The van der Waals surface area contributed by atoms with Crippen molar-refractivity contribution in [3.8, 4) is 22.4 Å². The average molecular weight is 350 g/mol. The Bertz CT molecular complexity index is 1340. The van der Waals surface area contributed by atoms with E-state index in [1.54, 1.807) is 24.8 Å². The number of rotatable bonds is 2. The van der Waals surface area contributed by atoms with Crippen molar-refractivity contribution in [2.45, 2.75) is 0 Å². The Morgan fingerprint density at radius 1 is 0.889 bits per heavy atom. The highest BCUT2D eigenvalue weighted by molar-refractivity contribution is 5.93. The lowest BCUT2D eigenvalue weighted by Gasteiger charge is -2.11. The van der Waals surface area contributed by atoms with Gasteiger partial charge in [-0.25, -0.2) is 4.98 Å². The smallest absolute Gasteiger partial charge is 0.191 e. The number of hydrogen-bond donors (Lipinski definition) is 1. The summed E-state index contributed by atoms with van der Waals surface area (Å²) in [7, 11) is 0. The molecule has 0 aliphatic heterocycles. The molecule has 0 amide bonds. The Hall–Kier alpha value is -3.86. The number of nitrogens with one attached hydrogen (secondary N) is 1. The molecule has 0 radical (unpaired) electrons. The zero-order valence-corrected chi connectivity index (χ0v) is 14.3. The van der Waals surface area contributed by atoms with Crippen LogP contribution in [0.15, 0.2) is 84.2 Å². The molecule has 4 heterocycles. The van der Waals surface area contributed by atoms with Crippen molar-refractivity contribution in [3.63, 3.8) is 0 Å². The molecule has 0 saturated carbocycles. The SMILES string of the molecule is O=c1cc[nH]c2nc(-c3cccnc3)c(-c3ccc4ncccc4c3)cc12. The Morgan fingerprint density at radius 3 is 2.70 bits per heavy atom. The molecule has 0 unspecified atom stereocenters. The minimum absolute atomic E-state index is 0.0577. The summed E-state index contributed by atoms with van der Waals surface area (Å²) in [6, 6.07) is 17.3. The molecular formula is C22H14N4O. The summed E-state index contributed by atoms with van der Waals surface area (Å²) in [6.07, 6.45) is 6.90. The van der Waals surface area contributed by atoms with Gasteiger partial charge in [0.2, 0.25) is 0 Å². The van der Waals surface area contributed by atoms with Crippen LogP contribution in [0.3, 0.4) is 0 Å². The molecular weight excluding hydrogens is 336 g/mol. The zero-order valence-electron chi connectivity index (χ0n) is 14.3. The first-order chi connectivity index (χ1) is 13.3. The fourth-order valence-electron chi connectivity index (χ4n) is 3.28. The van der Waals surface area contributed by atoms with Crippen molar-refractivity contribution in [2.75, 3.05) is 0 Å². The molecule has 27 heavy (non-hydrogen) atoms. The highest BCUT2D eigenvalue weighted by Gasteiger charge is 2.13.